The van der Waals surface area contributed by atoms with Crippen LogP contribution in [0, 0.1) is 0 Å². The molecule has 2 aromatic carbocycles. The molecule has 0 bridgehead atoms. The first-order chi connectivity index (χ1) is 9.44. The van der Waals surface area contributed by atoms with Crippen LogP contribution in [-0.4, -0.2) is 28.3 Å². The monoisotopic (exact) mass is 287 g/mol. The van der Waals surface area contributed by atoms with Crippen molar-refractivity contribution < 1.29 is 13.2 Å². The molecule has 0 aromatic heterocycles. The molecule has 0 amide bonds. The van der Waals surface area contributed by atoms with E-state index >= 15 is 0 Å². The van der Waals surface area contributed by atoms with E-state index in [9.17, 15) is 13.2 Å². The summed E-state index contributed by atoms with van der Waals surface area (Å²) in [4.78, 5) is 14.6. The van der Waals surface area contributed by atoms with E-state index in [0.29, 0.717) is 5.69 Å². The lowest BCUT2D eigenvalue weighted by Gasteiger charge is -2.24. The average molecular weight is 287 g/mol. The third-order valence-electron chi connectivity index (χ3n) is 3.42. The molecule has 0 saturated heterocycles. The van der Waals surface area contributed by atoms with Crippen LogP contribution in [0.2, 0.25) is 0 Å². The minimum absolute atomic E-state index is 0.0902. The number of anilines is 1. The van der Waals surface area contributed by atoms with E-state index < -0.39 is 9.84 Å². The van der Waals surface area contributed by atoms with E-state index in [4.69, 9.17) is 0 Å². The highest BCUT2D eigenvalue weighted by Gasteiger charge is 2.36. The Morgan fingerprint density at radius 1 is 0.900 bits per heavy atom. The van der Waals surface area contributed by atoms with Crippen molar-refractivity contribution in [1.82, 2.24) is 0 Å². The van der Waals surface area contributed by atoms with Crippen LogP contribution < -0.4 is 4.90 Å². The molecule has 0 spiro atoms. The highest BCUT2D eigenvalue weighted by Crippen LogP contribution is 2.38. The zero-order valence-electron chi connectivity index (χ0n) is 11.1. The highest BCUT2D eigenvalue weighted by atomic mass is 32.2. The van der Waals surface area contributed by atoms with Gasteiger partial charge in [0.1, 0.15) is 0 Å². The van der Waals surface area contributed by atoms with Crippen molar-refractivity contribution in [2.75, 3.05) is 19.0 Å². The highest BCUT2D eigenvalue weighted by molar-refractivity contribution is 7.91. The molecule has 1 aliphatic rings. The Hall–Kier alpha value is -2.14. The fourth-order valence-electron chi connectivity index (χ4n) is 2.49. The second-order valence-electron chi connectivity index (χ2n) is 4.87. The van der Waals surface area contributed by atoms with Gasteiger partial charge in [-0.2, -0.15) is 0 Å². The van der Waals surface area contributed by atoms with Gasteiger partial charge >= 0.3 is 0 Å². The topological polar surface area (TPSA) is 54.5 Å². The first-order valence-corrected chi connectivity index (χ1v) is 7.62. The van der Waals surface area contributed by atoms with Gasteiger partial charge in [-0.05, 0) is 24.3 Å². The van der Waals surface area contributed by atoms with Gasteiger partial charge in [-0.15, -0.1) is 0 Å². The van der Waals surface area contributed by atoms with Gasteiger partial charge in [-0.1, -0.05) is 18.2 Å². The average Bonchev–Trinajstić information content (AvgIpc) is 2.44. The van der Waals surface area contributed by atoms with Crippen molar-refractivity contribution in [3.05, 3.63) is 53.6 Å². The molecule has 3 rings (SSSR count). The van der Waals surface area contributed by atoms with Crippen molar-refractivity contribution in [3.63, 3.8) is 0 Å². The first kappa shape index (κ1) is 12.9. The number of fused-ring (bicyclic) bond motifs is 2. The van der Waals surface area contributed by atoms with E-state index in [1.54, 1.807) is 49.3 Å². The van der Waals surface area contributed by atoms with Crippen LogP contribution in [-0.2, 0) is 9.84 Å². The Bertz CT molecular complexity index is 823. The fraction of sp³-hybridized carbons (Fsp3) is 0.133. The molecule has 1 heterocycles. The van der Waals surface area contributed by atoms with Crippen LogP contribution in [0.1, 0.15) is 15.9 Å². The van der Waals surface area contributed by atoms with Crippen LogP contribution in [0.5, 0.6) is 0 Å². The maximum atomic E-state index is 12.6. The lowest BCUT2D eigenvalue weighted by atomic mass is 10.0. The summed E-state index contributed by atoms with van der Waals surface area (Å²) in [5.74, 6) is -0.241. The lowest BCUT2D eigenvalue weighted by molar-refractivity contribution is 0.103. The number of carbonyl (C=O) groups is 1. The molecular weight excluding hydrogens is 274 g/mol. The van der Waals surface area contributed by atoms with Gasteiger partial charge in [-0.3, -0.25) is 4.79 Å². The zero-order valence-corrected chi connectivity index (χ0v) is 11.9. The summed E-state index contributed by atoms with van der Waals surface area (Å²) in [6.07, 6.45) is 0. The summed E-state index contributed by atoms with van der Waals surface area (Å²) in [6, 6.07) is 11.2. The van der Waals surface area contributed by atoms with Crippen molar-refractivity contribution in [3.8, 4) is 0 Å². The van der Waals surface area contributed by atoms with Gasteiger partial charge in [0.05, 0.1) is 15.4 Å². The van der Waals surface area contributed by atoms with Crippen molar-refractivity contribution in [2.45, 2.75) is 9.79 Å². The number of rotatable bonds is 1. The molecule has 0 radical (unpaired) electrons. The molecule has 5 heteroatoms. The van der Waals surface area contributed by atoms with Gasteiger partial charge in [-0.25, -0.2) is 8.42 Å². The fourth-order valence-corrected chi connectivity index (χ4v) is 4.15. The Balaban J connectivity index is 2.44. The van der Waals surface area contributed by atoms with Gasteiger partial charge in [0.15, 0.2) is 5.78 Å². The van der Waals surface area contributed by atoms with Crippen LogP contribution in [0.15, 0.2) is 52.3 Å². The largest absolute Gasteiger partial charge is 0.377 e. The van der Waals surface area contributed by atoms with Crippen LogP contribution >= 0.6 is 0 Å². The zero-order chi connectivity index (χ0) is 14.5. The number of hydrogen-bond donors (Lipinski definition) is 0. The molecule has 4 nitrogen and oxygen atoms in total. The van der Waals surface area contributed by atoms with E-state index in [1.807, 2.05) is 0 Å². The van der Waals surface area contributed by atoms with Gasteiger partial charge in [0, 0.05) is 25.3 Å². The Kier molecular flexibility index (Phi) is 2.69. The second kappa shape index (κ2) is 4.18. The second-order valence-corrected chi connectivity index (χ2v) is 6.76. The van der Waals surface area contributed by atoms with E-state index in [1.165, 1.54) is 12.1 Å². The predicted molar refractivity (Wildman–Crippen MR) is 76.1 cm³/mol. The number of ketones is 1. The SMILES string of the molecule is CN(C)c1cccc2c1C(=O)c1ccccc1S2(=O)=O. The molecule has 0 fully saturated rings. The number of hydrogen-bond acceptors (Lipinski definition) is 4. The van der Waals surface area contributed by atoms with Crippen LogP contribution in [0.3, 0.4) is 0 Å². The molecule has 0 aliphatic carbocycles. The molecule has 20 heavy (non-hydrogen) atoms. The molecule has 0 unspecified atom stereocenters. The number of carbonyl (C=O) groups excluding carboxylic acids is 1. The maximum absolute atomic E-state index is 12.6. The molecule has 0 N–H and O–H groups in total. The molecule has 1 aliphatic heterocycles. The Labute approximate surface area is 117 Å². The lowest BCUT2D eigenvalue weighted by Crippen LogP contribution is -2.23. The Morgan fingerprint density at radius 2 is 1.55 bits per heavy atom. The molecule has 102 valence electrons. The predicted octanol–water partition coefficient (Wildman–Crippen LogP) is 2.13. The third kappa shape index (κ3) is 1.59. The minimum atomic E-state index is -3.64. The number of nitrogens with zero attached hydrogens (tertiary/aromatic N) is 1. The number of benzene rings is 2. The van der Waals surface area contributed by atoms with E-state index in [2.05, 4.69) is 0 Å². The van der Waals surface area contributed by atoms with Crippen molar-refractivity contribution >= 4 is 21.3 Å². The maximum Gasteiger partial charge on any atom is 0.208 e. The summed E-state index contributed by atoms with van der Waals surface area (Å²) in [6.45, 7) is 0. The molecule has 0 atom stereocenters. The summed E-state index contributed by atoms with van der Waals surface area (Å²) < 4.78 is 25.3. The molecule has 2 aromatic rings. The normalized spacial score (nSPS) is 15.4. The smallest absolute Gasteiger partial charge is 0.208 e. The summed E-state index contributed by atoms with van der Waals surface area (Å²) in [5, 5.41) is 0. The van der Waals surface area contributed by atoms with Crippen LogP contribution in [0.25, 0.3) is 0 Å². The first-order valence-electron chi connectivity index (χ1n) is 6.14. The van der Waals surface area contributed by atoms with E-state index in [-0.39, 0.29) is 26.7 Å². The summed E-state index contributed by atoms with van der Waals surface area (Å²) in [7, 11) is -0.0624. The van der Waals surface area contributed by atoms with Crippen molar-refractivity contribution in [1.29, 1.82) is 0 Å². The van der Waals surface area contributed by atoms with Gasteiger partial charge in [0.25, 0.3) is 0 Å². The number of sulfone groups is 1. The van der Waals surface area contributed by atoms with Crippen LogP contribution in [0.4, 0.5) is 5.69 Å². The van der Waals surface area contributed by atoms with Gasteiger partial charge < -0.3 is 4.90 Å². The van der Waals surface area contributed by atoms with E-state index in [0.717, 1.165) is 0 Å². The third-order valence-corrected chi connectivity index (χ3v) is 5.28. The molecule has 0 saturated carbocycles. The molecular formula is C15H13NO3S. The minimum Gasteiger partial charge on any atom is -0.377 e. The Morgan fingerprint density at radius 3 is 2.25 bits per heavy atom. The quantitative estimate of drug-likeness (QED) is 0.688. The van der Waals surface area contributed by atoms with Gasteiger partial charge in [0.2, 0.25) is 9.84 Å². The van der Waals surface area contributed by atoms with Crippen molar-refractivity contribution in [2.24, 2.45) is 0 Å². The standard InChI is InChI=1S/C15H13NO3S/c1-16(2)11-7-5-9-13-14(11)15(17)10-6-3-4-8-12(10)20(13,18)19/h3-9H,1-2H3. The summed E-state index contributed by atoms with van der Waals surface area (Å²) >= 11 is 0. The summed E-state index contributed by atoms with van der Waals surface area (Å²) in [5.41, 5.74) is 1.12.